The number of nitrogens with one attached hydrogen (secondary N) is 1. The maximum absolute atomic E-state index is 3.45. The Kier molecular flexibility index (Phi) is 3.22. The summed E-state index contributed by atoms with van der Waals surface area (Å²) in [5.74, 6) is 0. The van der Waals surface area contributed by atoms with Crippen molar-refractivity contribution in [3.05, 3.63) is 23.0 Å². The van der Waals surface area contributed by atoms with E-state index in [1.54, 1.807) is 0 Å². The second-order valence-electron chi connectivity index (χ2n) is 6.68. The fourth-order valence-corrected chi connectivity index (χ4v) is 3.69. The molecule has 0 aromatic carbocycles. The van der Waals surface area contributed by atoms with Gasteiger partial charge in [0.1, 0.15) is 0 Å². The fraction of sp³-hybridized carbons (Fsp3) is 0.750. The average Bonchev–Trinajstić information content (AvgIpc) is 3.17. The highest BCUT2D eigenvalue weighted by molar-refractivity contribution is 5.34. The third-order valence-corrected chi connectivity index (χ3v) is 4.96. The minimum Gasteiger partial charge on any atom is -0.346 e. The molecule has 3 nitrogen and oxygen atoms in total. The van der Waals surface area contributed by atoms with Crippen molar-refractivity contribution < 1.29 is 0 Å². The van der Waals surface area contributed by atoms with Crippen molar-refractivity contribution >= 4 is 0 Å². The van der Waals surface area contributed by atoms with Crippen molar-refractivity contribution in [2.45, 2.75) is 52.1 Å². The van der Waals surface area contributed by atoms with Crippen LogP contribution in [0.15, 0.2) is 6.07 Å². The van der Waals surface area contributed by atoms with Gasteiger partial charge in [-0.15, -0.1) is 0 Å². The lowest BCUT2D eigenvalue weighted by Crippen LogP contribution is -2.51. The van der Waals surface area contributed by atoms with E-state index in [4.69, 9.17) is 0 Å². The molecule has 2 aliphatic rings. The summed E-state index contributed by atoms with van der Waals surface area (Å²) < 4.78 is 2.57. The van der Waals surface area contributed by atoms with E-state index in [2.05, 4.69) is 48.5 Å². The summed E-state index contributed by atoms with van der Waals surface area (Å²) >= 11 is 0. The Morgan fingerprint density at radius 3 is 2.37 bits per heavy atom. The van der Waals surface area contributed by atoms with Gasteiger partial charge in [-0.05, 0) is 52.2 Å². The Bertz CT molecular complexity index is 463. The van der Waals surface area contributed by atoms with E-state index in [9.17, 15) is 0 Å². The van der Waals surface area contributed by atoms with Crippen LogP contribution in [0.5, 0.6) is 0 Å². The summed E-state index contributed by atoms with van der Waals surface area (Å²) in [6.45, 7) is 13.9. The standard InChI is InChI=1S/C16H27N3/c1-12-11-15(13(2)19(12)14-5-6-14)16(3,4)18-9-7-17-8-10-18/h11,14,17H,5-10H2,1-4H3. The molecule has 0 bridgehead atoms. The van der Waals surface area contributed by atoms with E-state index in [0.717, 1.165) is 32.2 Å². The molecule has 0 radical (unpaired) electrons. The van der Waals surface area contributed by atoms with Crippen LogP contribution in [0, 0.1) is 13.8 Å². The molecule has 1 saturated carbocycles. The van der Waals surface area contributed by atoms with Crippen molar-refractivity contribution in [2.75, 3.05) is 26.2 Å². The molecule has 1 aliphatic heterocycles. The average molecular weight is 261 g/mol. The molecule has 19 heavy (non-hydrogen) atoms. The van der Waals surface area contributed by atoms with Crippen LogP contribution in [0.1, 0.15) is 49.7 Å². The van der Waals surface area contributed by atoms with Crippen molar-refractivity contribution in [3.63, 3.8) is 0 Å². The molecule has 2 fully saturated rings. The maximum atomic E-state index is 3.45. The SMILES string of the molecule is Cc1cc(C(C)(C)N2CCNCC2)c(C)n1C1CC1. The van der Waals surface area contributed by atoms with Crippen LogP contribution in [0.25, 0.3) is 0 Å². The van der Waals surface area contributed by atoms with Gasteiger partial charge in [0.25, 0.3) is 0 Å². The highest BCUT2D eigenvalue weighted by atomic mass is 15.2. The Hall–Kier alpha value is -0.800. The summed E-state index contributed by atoms with van der Waals surface area (Å²) in [6, 6.07) is 3.21. The number of piperazine rings is 1. The zero-order valence-corrected chi connectivity index (χ0v) is 12.8. The molecular formula is C16H27N3. The molecule has 1 aromatic rings. The quantitative estimate of drug-likeness (QED) is 0.902. The minimum atomic E-state index is 0.150. The summed E-state index contributed by atoms with van der Waals surface area (Å²) in [5, 5.41) is 3.45. The van der Waals surface area contributed by atoms with Gasteiger partial charge in [0.15, 0.2) is 0 Å². The van der Waals surface area contributed by atoms with Gasteiger partial charge < -0.3 is 9.88 Å². The predicted molar refractivity (Wildman–Crippen MR) is 79.6 cm³/mol. The Morgan fingerprint density at radius 1 is 1.16 bits per heavy atom. The third kappa shape index (κ3) is 2.23. The Balaban J connectivity index is 1.93. The predicted octanol–water partition coefficient (Wildman–Crippen LogP) is 2.58. The number of aromatic nitrogens is 1. The van der Waals surface area contributed by atoms with E-state index >= 15 is 0 Å². The Morgan fingerprint density at radius 2 is 1.79 bits per heavy atom. The molecule has 106 valence electrons. The highest BCUT2D eigenvalue weighted by Gasteiger charge is 2.35. The molecule has 0 unspecified atom stereocenters. The first-order chi connectivity index (χ1) is 9.01. The van der Waals surface area contributed by atoms with Gasteiger partial charge in [0, 0.05) is 49.1 Å². The van der Waals surface area contributed by atoms with Gasteiger partial charge in [-0.1, -0.05) is 0 Å². The second kappa shape index (κ2) is 4.64. The number of aryl methyl sites for hydroxylation is 1. The normalized spacial score (nSPS) is 21.9. The molecule has 3 heteroatoms. The van der Waals surface area contributed by atoms with Crippen molar-refractivity contribution in [2.24, 2.45) is 0 Å². The maximum Gasteiger partial charge on any atom is 0.0423 e. The van der Waals surface area contributed by atoms with E-state index in [1.165, 1.54) is 29.8 Å². The fourth-order valence-electron chi connectivity index (χ4n) is 3.69. The monoisotopic (exact) mass is 261 g/mol. The summed E-state index contributed by atoms with van der Waals surface area (Å²) in [4.78, 5) is 2.63. The molecule has 2 heterocycles. The second-order valence-corrected chi connectivity index (χ2v) is 6.68. The molecule has 0 atom stereocenters. The van der Waals surface area contributed by atoms with Crippen LogP contribution in [0.3, 0.4) is 0 Å². The number of hydrogen-bond acceptors (Lipinski definition) is 2. The first-order valence-corrected chi connectivity index (χ1v) is 7.66. The van der Waals surface area contributed by atoms with Crippen molar-refractivity contribution in [1.82, 2.24) is 14.8 Å². The zero-order chi connectivity index (χ0) is 13.6. The van der Waals surface area contributed by atoms with Crippen LogP contribution in [0.4, 0.5) is 0 Å². The zero-order valence-electron chi connectivity index (χ0n) is 12.8. The van der Waals surface area contributed by atoms with Crippen LogP contribution in [-0.2, 0) is 5.54 Å². The highest BCUT2D eigenvalue weighted by Crippen LogP contribution is 2.41. The van der Waals surface area contributed by atoms with Crippen molar-refractivity contribution in [3.8, 4) is 0 Å². The van der Waals surface area contributed by atoms with E-state index < -0.39 is 0 Å². The van der Waals surface area contributed by atoms with Gasteiger partial charge in [0.05, 0.1) is 0 Å². The summed E-state index contributed by atoms with van der Waals surface area (Å²) in [6.07, 6.45) is 2.73. The largest absolute Gasteiger partial charge is 0.346 e. The van der Waals surface area contributed by atoms with Gasteiger partial charge in [-0.3, -0.25) is 4.90 Å². The molecule has 1 N–H and O–H groups in total. The lowest BCUT2D eigenvalue weighted by atomic mass is 9.91. The third-order valence-electron chi connectivity index (χ3n) is 4.96. The van der Waals surface area contributed by atoms with Crippen LogP contribution in [-0.4, -0.2) is 35.6 Å². The van der Waals surface area contributed by atoms with Crippen molar-refractivity contribution in [1.29, 1.82) is 0 Å². The number of hydrogen-bond donors (Lipinski definition) is 1. The topological polar surface area (TPSA) is 20.2 Å². The molecule has 0 spiro atoms. The smallest absolute Gasteiger partial charge is 0.0423 e. The Labute approximate surface area is 117 Å². The van der Waals surface area contributed by atoms with Crippen LogP contribution < -0.4 is 5.32 Å². The summed E-state index contributed by atoms with van der Waals surface area (Å²) in [7, 11) is 0. The summed E-state index contributed by atoms with van der Waals surface area (Å²) in [5.41, 5.74) is 4.61. The molecule has 3 rings (SSSR count). The van der Waals surface area contributed by atoms with E-state index in [1.807, 2.05) is 0 Å². The first kappa shape index (κ1) is 13.2. The molecule has 1 aliphatic carbocycles. The van der Waals surface area contributed by atoms with Crippen LogP contribution >= 0.6 is 0 Å². The first-order valence-electron chi connectivity index (χ1n) is 7.66. The van der Waals surface area contributed by atoms with E-state index in [0.29, 0.717) is 0 Å². The number of rotatable bonds is 3. The lowest BCUT2D eigenvalue weighted by molar-refractivity contribution is 0.102. The molecular weight excluding hydrogens is 234 g/mol. The number of nitrogens with zero attached hydrogens (tertiary/aromatic N) is 2. The van der Waals surface area contributed by atoms with Gasteiger partial charge in [-0.25, -0.2) is 0 Å². The minimum absolute atomic E-state index is 0.150. The van der Waals surface area contributed by atoms with Gasteiger partial charge in [-0.2, -0.15) is 0 Å². The molecule has 0 amide bonds. The molecule has 1 aromatic heterocycles. The van der Waals surface area contributed by atoms with E-state index in [-0.39, 0.29) is 5.54 Å². The molecule has 1 saturated heterocycles. The lowest BCUT2D eigenvalue weighted by Gasteiger charge is -2.41. The van der Waals surface area contributed by atoms with Crippen LogP contribution in [0.2, 0.25) is 0 Å². The van der Waals surface area contributed by atoms with Gasteiger partial charge >= 0.3 is 0 Å². The van der Waals surface area contributed by atoms with Gasteiger partial charge in [0.2, 0.25) is 0 Å².